The fourth-order valence-corrected chi connectivity index (χ4v) is 3.03. The van der Waals surface area contributed by atoms with Crippen LogP contribution in [0.2, 0.25) is 0 Å². The number of hydrogen-bond acceptors (Lipinski definition) is 5. The molecule has 0 aromatic carbocycles. The van der Waals surface area contributed by atoms with E-state index in [0.29, 0.717) is 0 Å². The van der Waals surface area contributed by atoms with E-state index in [0.717, 1.165) is 42.1 Å². The van der Waals surface area contributed by atoms with Crippen molar-refractivity contribution in [2.75, 3.05) is 13.2 Å². The van der Waals surface area contributed by atoms with Gasteiger partial charge in [-0.1, -0.05) is 11.3 Å². The highest BCUT2D eigenvalue weighted by atomic mass is 32.1. The van der Waals surface area contributed by atoms with E-state index >= 15 is 0 Å². The molecule has 2 aliphatic rings. The lowest BCUT2D eigenvalue weighted by atomic mass is 10.1. The maximum Gasteiger partial charge on any atom is 0.146 e. The second-order valence-electron chi connectivity index (χ2n) is 4.87. The lowest BCUT2D eigenvalue weighted by Crippen LogP contribution is -2.19. The first-order chi connectivity index (χ1) is 8.42. The van der Waals surface area contributed by atoms with Crippen LogP contribution in [0.15, 0.2) is 0 Å². The lowest BCUT2D eigenvalue weighted by Gasteiger charge is -2.19. The summed E-state index contributed by atoms with van der Waals surface area (Å²) in [6, 6.07) is 0.782. The second kappa shape index (κ2) is 5.42. The molecule has 1 aromatic heterocycles. The van der Waals surface area contributed by atoms with Gasteiger partial charge in [-0.15, -0.1) is 10.2 Å². The van der Waals surface area contributed by atoms with Crippen LogP contribution in [0.4, 0.5) is 0 Å². The van der Waals surface area contributed by atoms with E-state index in [2.05, 4.69) is 15.5 Å². The summed E-state index contributed by atoms with van der Waals surface area (Å²) in [7, 11) is 0. The zero-order valence-electron chi connectivity index (χ0n) is 10.0. The van der Waals surface area contributed by atoms with Crippen molar-refractivity contribution in [3.05, 3.63) is 10.0 Å². The van der Waals surface area contributed by atoms with Gasteiger partial charge in [0, 0.05) is 25.6 Å². The first-order valence-electron chi connectivity index (χ1n) is 6.59. The van der Waals surface area contributed by atoms with Crippen LogP contribution < -0.4 is 5.32 Å². The number of nitrogens with one attached hydrogen (secondary N) is 1. The second-order valence-corrected chi connectivity index (χ2v) is 5.96. The SMILES string of the molecule is C1CCC(c2nnc(CCNC3CC3)s2)OC1. The van der Waals surface area contributed by atoms with E-state index in [9.17, 15) is 0 Å². The Hall–Kier alpha value is -0.520. The Bertz CT molecular complexity index is 358. The zero-order chi connectivity index (χ0) is 11.5. The molecule has 2 heterocycles. The van der Waals surface area contributed by atoms with Crippen molar-refractivity contribution in [1.29, 1.82) is 0 Å². The van der Waals surface area contributed by atoms with Gasteiger partial charge in [-0.05, 0) is 32.1 Å². The number of nitrogens with zero attached hydrogens (tertiary/aromatic N) is 2. The molecule has 1 aliphatic heterocycles. The van der Waals surface area contributed by atoms with E-state index in [4.69, 9.17) is 4.74 Å². The average Bonchev–Trinajstić information content (AvgIpc) is 3.07. The maximum atomic E-state index is 5.72. The van der Waals surface area contributed by atoms with Crippen molar-refractivity contribution in [2.45, 2.75) is 50.7 Å². The van der Waals surface area contributed by atoms with Crippen molar-refractivity contribution in [3.8, 4) is 0 Å². The summed E-state index contributed by atoms with van der Waals surface area (Å²) in [6.07, 6.45) is 7.45. The summed E-state index contributed by atoms with van der Waals surface area (Å²) in [5.41, 5.74) is 0. The molecule has 4 nitrogen and oxygen atoms in total. The number of aromatic nitrogens is 2. The third-order valence-corrected chi connectivity index (χ3v) is 4.36. The Labute approximate surface area is 106 Å². The summed E-state index contributed by atoms with van der Waals surface area (Å²) in [5.74, 6) is 0. The molecule has 1 unspecified atom stereocenters. The minimum atomic E-state index is 0.214. The molecule has 3 rings (SSSR count). The Morgan fingerprint density at radius 2 is 2.18 bits per heavy atom. The first-order valence-corrected chi connectivity index (χ1v) is 7.41. The van der Waals surface area contributed by atoms with E-state index in [-0.39, 0.29) is 6.10 Å². The fourth-order valence-electron chi connectivity index (χ4n) is 2.10. The lowest BCUT2D eigenvalue weighted by molar-refractivity contribution is 0.0144. The molecule has 1 aliphatic carbocycles. The number of rotatable bonds is 5. The van der Waals surface area contributed by atoms with Gasteiger partial charge in [0.15, 0.2) is 0 Å². The van der Waals surface area contributed by atoms with Gasteiger partial charge in [-0.25, -0.2) is 0 Å². The molecule has 0 spiro atoms. The standard InChI is InChI=1S/C12H19N3OS/c1-2-8-16-10(3-1)12-15-14-11(17-12)6-7-13-9-4-5-9/h9-10,13H,1-8H2. The minimum Gasteiger partial charge on any atom is -0.371 e. The Balaban J connectivity index is 1.49. The van der Waals surface area contributed by atoms with Gasteiger partial charge in [0.25, 0.3) is 0 Å². The van der Waals surface area contributed by atoms with Crippen LogP contribution in [0.3, 0.4) is 0 Å². The predicted octanol–water partition coefficient (Wildman–Crippen LogP) is 2.07. The van der Waals surface area contributed by atoms with Crippen LogP contribution >= 0.6 is 11.3 Å². The van der Waals surface area contributed by atoms with E-state index < -0.39 is 0 Å². The van der Waals surface area contributed by atoms with Gasteiger partial charge >= 0.3 is 0 Å². The van der Waals surface area contributed by atoms with Gasteiger partial charge in [0.05, 0.1) is 0 Å². The van der Waals surface area contributed by atoms with Gasteiger partial charge in [-0.3, -0.25) is 0 Å². The zero-order valence-corrected chi connectivity index (χ0v) is 10.8. The Morgan fingerprint density at radius 3 is 2.94 bits per heavy atom. The molecule has 0 amide bonds. The molecular formula is C12H19N3OS. The van der Waals surface area contributed by atoms with Crippen molar-refractivity contribution in [1.82, 2.24) is 15.5 Å². The highest BCUT2D eigenvalue weighted by Crippen LogP contribution is 2.29. The predicted molar refractivity (Wildman–Crippen MR) is 67.2 cm³/mol. The number of hydrogen-bond donors (Lipinski definition) is 1. The molecule has 2 fully saturated rings. The highest BCUT2D eigenvalue weighted by Gasteiger charge is 2.21. The van der Waals surface area contributed by atoms with Crippen LogP contribution in [0.25, 0.3) is 0 Å². The molecule has 0 bridgehead atoms. The van der Waals surface area contributed by atoms with Crippen LogP contribution in [0, 0.1) is 0 Å². The van der Waals surface area contributed by atoms with E-state index in [1.54, 1.807) is 11.3 Å². The van der Waals surface area contributed by atoms with Crippen molar-refractivity contribution in [2.24, 2.45) is 0 Å². The first kappa shape index (κ1) is 11.6. The molecule has 1 N–H and O–H groups in total. The summed E-state index contributed by atoms with van der Waals surface area (Å²) < 4.78 is 5.72. The summed E-state index contributed by atoms with van der Waals surface area (Å²) in [5, 5.41) is 14.2. The summed E-state index contributed by atoms with van der Waals surface area (Å²) in [4.78, 5) is 0. The molecule has 94 valence electrons. The van der Waals surface area contributed by atoms with Crippen LogP contribution in [-0.2, 0) is 11.2 Å². The van der Waals surface area contributed by atoms with Crippen molar-refractivity contribution in [3.63, 3.8) is 0 Å². The highest BCUT2D eigenvalue weighted by molar-refractivity contribution is 7.11. The van der Waals surface area contributed by atoms with Gasteiger partial charge in [0.1, 0.15) is 16.1 Å². The largest absolute Gasteiger partial charge is 0.371 e. The molecule has 0 radical (unpaired) electrons. The molecule has 1 saturated carbocycles. The Morgan fingerprint density at radius 1 is 1.24 bits per heavy atom. The molecule has 1 atom stereocenters. The molecule has 1 aromatic rings. The molecule has 17 heavy (non-hydrogen) atoms. The average molecular weight is 253 g/mol. The smallest absolute Gasteiger partial charge is 0.146 e. The van der Waals surface area contributed by atoms with Crippen LogP contribution in [0.1, 0.15) is 48.2 Å². The fraction of sp³-hybridized carbons (Fsp3) is 0.833. The Kier molecular flexibility index (Phi) is 3.68. The van der Waals surface area contributed by atoms with Crippen molar-refractivity contribution >= 4 is 11.3 Å². The summed E-state index contributed by atoms with van der Waals surface area (Å²) >= 11 is 1.72. The quantitative estimate of drug-likeness (QED) is 0.872. The summed E-state index contributed by atoms with van der Waals surface area (Å²) in [6.45, 7) is 1.91. The maximum absolute atomic E-state index is 5.72. The molecular weight excluding hydrogens is 234 g/mol. The monoisotopic (exact) mass is 253 g/mol. The molecule has 1 saturated heterocycles. The third-order valence-electron chi connectivity index (χ3n) is 3.29. The topological polar surface area (TPSA) is 47.0 Å². The third kappa shape index (κ3) is 3.24. The van der Waals surface area contributed by atoms with Gasteiger partial charge < -0.3 is 10.1 Å². The van der Waals surface area contributed by atoms with Crippen LogP contribution in [-0.4, -0.2) is 29.4 Å². The van der Waals surface area contributed by atoms with E-state index in [1.165, 1.54) is 25.7 Å². The van der Waals surface area contributed by atoms with Gasteiger partial charge in [-0.2, -0.15) is 0 Å². The van der Waals surface area contributed by atoms with Crippen molar-refractivity contribution < 1.29 is 4.74 Å². The number of ether oxygens (including phenoxy) is 1. The molecule has 5 heteroatoms. The van der Waals surface area contributed by atoms with Gasteiger partial charge in [0.2, 0.25) is 0 Å². The minimum absolute atomic E-state index is 0.214. The van der Waals surface area contributed by atoms with Crippen LogP contribution in [0.5, 0.6) is 0 Å². The normalized spacial score (nSPS) is 25.1. The van der Waals surface area contributed by atoms with E-state index in [1.807, 2.05) is 0 Å².